The van der Waals surface area contributed by atoms with Gasteiger partial charge in [-0.05, 0) is 25.0 Å². The Balaban J connectivity index is 2.04. The standard InChI is InChI=1S/C15H19BrF2O/c16-10-15(8-3-1-2-4-9-15)11-19-13-7-5-6-12(17)14(13)18/h5-7H,1-4,8-11H2. The summed E-state index contributed by atoms with van der Waals surface area (Å²) in [7, 11) is 0. The molecule has 0 aliphatic heterocycles. The molecule has 1 aromatic carbocycles. The van der Waals surface area contributed by atoms with Crippen molar-refractivity contribution in [2.75, 3.05) is 11.9 Å². The number of alkyl halides is 1. The molecule has 4 heteroatoms. The zero-order valence-corrected chi connectivity index (χ0v) is 12.5. The Hall–Kier alpha value is -0.640. The average Bonchev–Trinajstić information content (AvgIpc) is 2.67. The summed E-state index contributed by atoms with van der Waals surface area (Å²) in [6.07, 6.45) is 7.03. The Morgan fingerprint density at radius 3 is 2.42 bits per heavy atom. The normalized spacial score (nSPS) is 18.9. The van der Waals surface area contributed by atoms with Crippen LogP contribution in [0, 0.1) is 17.0 Å². The van der Waals surface area contributed by atoms with Crippen LogP contribution in [0.1, 0.15) is 38.5 Å². The first-order valence-corrected chi connectivity index (χ1v) is 7.92. The summed E-state index contributed by atoms with van der Waals surface area (Å²) >= 11 is 3.56. The Labute approximate surface area is 121 Å². The highest BCUT2D eigenvalue weighted by Crippen LogP contribution is 2.37. The summed E-state index contributed by atoms with van der Waals surface area (Å²) in [6, 6.07) is 4.06. The molecule has 0 bridgehead atoms. The van der Waals surface area contributed by atoms with Crippen LogP contribution in [0.15, 0.2) is 18.2 Å². The maximum atomic E-state index is 13.6. The first kappa shape index (κ1) is 14.8. The lowest BCUT2D eigenvalue weighted by Gasteiger charge is -2.30. The minimum Gasteiger partial charge on any atom is -0.490 e. The van der Waals surface area contributed by atoms with Crippen LogP contribution in [0.4, 0.5) is 8.78 Å². The molecule has 1 aliphatic rings. The highest BCUT2D eigenvalue weighted by Gasteiger charge is 2.31. The van der Waals surface area contributed by atoms with Crippen molar-refractivity contribution in [2.45, 2.75) is 38.5 Å². The van der Waals surface area contributed by atoms with E-state index in [-0.39, 0.29) is 11.2 Å². The molecule has 1 fully saturated rings. The second-order valence-corrected chi connectivity index (χ2v) is 5.95. The van der Waals surface area contributed by atoms with Gasteiger partial charge in [0.15, 0.2) is 11.6 Å². The third-order valence-corrected chi connectivity index (χ3v) is 5.09. The average molecular weight is 333 g/mol. The van der Waals surface area contributed by atoms with Crippen LogP contribution in [-0.4, -0.2) is 11.9 Å². The van der Waals surface area contributed by atoms with E-state index in [0.717, 1.165) is 24.2 Å². The van der Waals surface area contributed by atoms with Gasteiger partial charge in [-0.15, -0.1) is 0 Å². The number of rotatable bonds is 4. The van der Waals surface area contributed by atoms with Crippen LogP contribution in [0.5, 0.6) is 5.75 Å². The molecule has 0 heterocycles. The van der Waals surface area contributed by atoms with Crippen molar-refractivity contribution in [1.29, 1.82) is 0 Å². The topological polar surface area (TPSA) is 9.23 Å². The maximum Gasteiger partial charge on any atom is 0.200 e. The van der Waals surface area contributed by atoms with E-state index in [1.165, 1.54) is 37.8 Å². The van der Waals surface area contributed by atoms with Crippen LogP contribution in [-0.2, 0) is 0 Å². The number of hydrogen-bond donors (Lipinski definition) is 0. The summed E-state index contributed by atoms with van der Waals surface area (Å²) < 4.78 is 32.2. The molecule has 0 aromatic heterocycles. The van der Waals surface area contributed by atoms with E-state index < -0.39 is 11.6 Å². The molecule has 19 heavy (non-hydrogen) atoms. The smallest absolute Gasteiger partial charge is 0.200 e. The van der Waals surface area contributed by atoms with Gasteiger partial charge < -0.3 is 4.74 Å². The van der Waals surface area contributed by atoms with E-state index in [1.807, 2.05) is 0 Å². The Morgan fingerprint density at radius 2 is 1.79 bits per heavy atom. The predicted octanol–water partition coefficient (Wildman–Crippen LogP) is 5.08. The molecule has 0 N–H and O–H groups in total. The molecule has 1 saturated carbocycles. The third-order valence-electron chi connectivity index (χ3n) is 3.90. The van der Waals surface area contributed by atoms with E-state index in [1.54, 1.807) is 0 Å². The molecule has 1 aromatic rings. The van der Waals surface area contributed by atoms with Gasteiger partial charge in [0.1, 0.15) is 0 Å². The van der Waals surface area contributed by atoms with Crippen LogP contribution >= 0.6 is 15.9 Å². The molecule has 1 aliphatic carbocycles. The van der Waals surface area contributed by atoms with Gasteiger partial charge in [0, 0.05) is 10.7 Å². The molecule has 106 valence electrons. The van der Waals surface area contributed by atoms with Crippen molar-refractivity contribution in [3.63, 3.8) is 0 Å². The van der Waals surface area contributed by atoms with Gasteiger partial charge >= 0.3 is 0 Å². The Kier molecular flexibility index (Phi) is 5.20. The third kappa shape index (κ3) is 3.68. The monoisotopic (exact) mass is 332 g/mol. The molecule has 0 amide bonds. The summed E-state index contributed by atoms with van der Waals surface area (Å²) in [4.78, 5) is 0. The lowest BCUT2D eigenvalue weighted by Crippen LogP contribution is -2.30. The van der Waals surface area contributed by atoms with Gasteiger partial charge in [0.25, 0.3) is 0 Å². The summed E-state index contributed by atoms with van der Waals surface area (Å²) in [5.41, 5.74) is 0.0509. The van der Waals surface area contributed by atoms with Crippen LogP contribution in [0.2, 0.25) is 0 Å². The molecule has 0 radical (unpaired) electrons. The minimum absolute atomic E-state index is 0.0181. The van der Waals surface area contributed by atoms with Crippen molar-refractivity contribution < 1.29 is 13.5 Å². The van der Waals surface area contributed by atoms with E-state index in [9.17, 15) is 8.78 Å². The zero-order chi connectivity index (χ0) is 13.7. The molecular weight excluding hydrogens is 314 g/mol. The second-order valence-electron chi connectivity index (χ2n) is 5.39. The summed E-state index contributed by atoms with van der Waals surface area (Å²) in [6.45, 7) is 0.443. The number of halogens is 3. The van der Waals surface area contributed by atoms with Crippen molar-refractivity contribution in [2.24, 2.45) is 5.41 Å². The van der Waals surface area contributed by atoms with Crippen molar-refractivity contribution in [1.82, 2.24) is 0 Å². The molecule has 1 nitrogen and oxygen atoms in total. The van der Waals surface area contributed by atoms with Crippen molar-refractivity contribution in [3.8, 4) is 5.75 Å². The lowest BCUT2D eigenvalue weighted by atomic mass is 9.83. The number of hydrogen-bond acceptors (Lipinski definition) is 1. The molecular formula is C15H19BrF2O. The van der Waals surface area contributed by atoms with Crippen molar-refractivity contribution >= 4 is 15.9 Å². The van der Waals surface area contributed by atoms with E-state index in [4.69, 9.17) is 4.74 Å². The highest BCUT2D eigenvalue weighted by molar-refractivity contribution is 9.09. The molecule has 2 rings (SSSR count). The van der Waals surface area contributed by atoms with E-state index in [2.05, 4.69) is 15.9 Å². The maximum absolute atomic E-state index is 13.6. The first-order valence-electron chi connectivity index (χ1n) is 6.80. The van der Waals surface area contributed by atoms with Crippen molar-refractivity contribution in [3.05, 3.63) is 29.8 Å². The minimum atomic E-state index is -0.888. The van der Waals surface area contributed by atoms with E-state index in [0.29, 0.717) is 6.61 Å². The van der Waals surface area contributed by atoms with Crippen LogP contribution < -0.4 is 4.74 Å². The summed E-state index contributed by atoms with van der Waals surface area (Å²) in [5.74, 6) is -1.73. The fourth-order valence-electron chi connectivity index (χ4n) is 2.62. The first-order chi connectivity index (χ1) is 9.17. The van der Waals surface area contributed by atoms with Gasteiger partial charge in [0.05, 0.1) is 6.61 Å². The summed E-state index contributed by atoms with van der Waals surface area (Å²) in [5, 5.41) is 0.844. The van der Waals surface area contributed by atoms with Crippen LogP contribution in [0.3, 0.4) is 0 Å². The molecule has 0 saturated heterocycles. The highest BCUT2D eigenvalue weighted by atomic mass is 79.9. The van der Waals surface area contributed by atoms with Gasteiger partial charge in [-0.3, -0.25) is 0 Å². The quantitative estimate of drug-likeness (QED) is 0.552. The van der Waals surface area contributed by atoms with Gasteiger partial charge in [-0.25, -0.2) is 4.39 Å². The molecule has 0 spiro atoms. The van der Waals surface area contributed by atoms with Gasteiger partial charge in [-0.1, -0.05) is 47.7 Å². The predicted molar refractivity (Wildman–Crippen MR) is 75.8 cm³/mol. The Bertz CT molecular complexity index is 415. The van der Waals surface area contributed by atoms with Gasteiger partial charge in [0.2, 0.25) is 5.82 Å². The molecule has 0 atom stereocenters. The molecule has 0 unspecified atom stereocenters. The number of ether oxygens (including phenoxy) is 1. The number of benzene rings is 1. The fourth-order valence-corrected chi connectivity index (χ4v) is 3.34. The van der Waals surface area contributed by atoms with E-state index >= 15 is 0 Å². The SMILES string of the molecule is Fc1cccc(OCC2(CBr)CCCCCC2)c1F. The van der Waals surface area contributed by atoms with Crippen LogP contribution in [0.25, 0.3) is 0 Å². The van der Waals surface area contributed by atoms with Gasteiger partial charge in [-0.2, -0.15) is 4.39 Å². The largest absolute Gasteiger partial charge is 0.490 e. The Morgan fingerprint density at radius 1 is 1.11 bits per heavy atom. The lowest BCUT2D eigenvalue weighted by molar-refractivity contribution is 0.144. The fraction of sp³-hybridized carbons (Fsp3) is 0.600. The zero-order valence-electron chi connectivity index (χ0n) is 10.9. The second kappa shape index (κ2) is 6.69.